The molecule has 0 amide bonds. The van der Waals surface area contributed by atoms with E-state index >= 15 is 0 Å². The van der Waals surface area contributed by atoms with Crippen LogP contribution in [0, 0.1) is 18.3 Å². The molecule has 3 aromatic rings. The Labute approximate surface area is 111 Å². The first-order valence-electron chi connectivity index (χ1n) is 6.06. The zero-order chi connectivity index (χ0) is 13.2. The predicted molar refractivity (Wildman–Crippen MR) is 71.7 cm³/mol. The zero-order valence-electron chi connectivity index (χ0n) is 10.5. The second kappa shape index (κ2) is 4.54. The minimum atomic E-state index is 0.599. The van der Waals surface area contributed by atoms with Gasteiger partial charge in [-0.05, 0) is 24.1 Å². The lowest BCUT2D eigenvalue weighted by molar-refractivity contribution is 0.929. The zero-order valence-corrected chi connectivity index (χ0v) is 10.5. The molecule has 19 heavy (non-hydrogen) atoms. The van der Waals surface area contributed by atoms with E-state index in [1.54, 1.807) is 12.1 Å². The first kappa shape index (κ1) is 11.4. The van der Waals surface area contributed by atoms with Crippen molar-refractivity contribution in [2.45, 2.75) is 13.3 Å². The van der Waals surface area contributed by atoms with Gasteiger partial charge in [0.2, 0.25) is 0 Å². The average molecular weight is 248 g/mol. The Morgan fingerprint density at radius 3 is 2.84 bits per heavy atom. The van der Waals surface area contributed by atoms with E-state index in [9.17, 15) is 0 Å². The molecule has 0 aliphatic heterocycles. The Balaban J connectivity index is 2.03. The number of aryl methyl sites for hydroxylation is 1. The predicted octanol–water partition coefficient (Wildman–Crippen LogP) is 2.50. The normalized spacial score (nSPS) is 10.5. The van der Waals surface area contributed by atoms with E-state index in [-0.39, 0.29) is 0 Å². The molecule has 4 heteroatoms. The SMILES string of the molecule is Cc1ccccc1Cc1nnc2cc(C#N)ccn12. The van der Waals surface area contributed by atoms with E-state index < -0.39 is 0 Å². The van der Waals surface area contributed by atoms with Gasteiger partial charge in [0, 0.05) is 18.7 Å². The topological polar surface area (TPSA) is 54.0 Å². The number of fused-ring (bicyclic) bond motifs is 1. The van der Waals surface area contributed by atoms with Crippen molar-refractivity contribution in [1.29, 1.82) is 5.26 Å². The molecular weight excluding hydrogens is 236 g/mol. The monoisotopic (exact) mass is 248 g/mol. The molecule has 0 radical (unpaired) electrons. The van der Waals surface area contributed by atoms with E-state index in [4.69, 9.17) is 5.26 Å². The van der Waals surface area contributed by atoms with Crippen LogP contribution in [0.3, 0.4) is 0 Å². The van der Waals surface area contributed by atoms with Crippen LogP contribution < -0.4 is 0 Å². The van der Waals surface area contributed by atoms with Crippen molar-refractivity contribution in [3.63, 3.8) is 0 Å². The molecule has 0 N–H and O–H groups in total. The Morgan fingerprint density at radius 2 is 2.05 bits per heavy atom. The van der Waals surface area contributed by atoms with Crippen molar-refractivity contribution in [3.05, 3.63) is 65.1 Å². The van der Waals surface area contributed by atoms with Crippen LogP contribution in [-0.2, 0) is 6.42 Å². The number of hydrogen-bond acceptors (Lipinski definition) is 3. The van der Waals surface area contributed by atoms with E-state index in [2.05, 4.69) is 35.3 Å². The summed E-state index contributed by atoms with van der Waals surface area (Å²) < 4.78 is 1.92. The molecule has 92 valence electrons. The van der Waals surface area contributed by atoms with Crippen LogP contribution in [0.2, 0.25) is 0 Å². The van der Waals surface area contributed by atoms with E-state index in [1.165, 1.54) is 11.1 Å². The first-order chi connectivity index (χ1) is 9.28. The summed E-state index contributed by atoms with van der Waals surface area (Å²) in [6.07, 6.45) is 2.58. The van der Waals surface area contributed by atoms with Gasteiger partial charge in [0.15, 0.2) is 5.65 Å². The molecule has 2 aromatic heterocycles. The molecule has 0 atom stereocenters. The van der Waals surface area contributed by atoms with Crippen LogP contribution in [-0.4, -0.2) is 14.6 Å². The van der Waals surface area contributed by atoms with Crippen LogP contribution in [0.1, 0.15) is 22.5 Å². The third kappa shape index (κ3) is 2.06. The molecule has 0 bridgehead atoms. The number of aromatic nitrogens is 3. The van der Waals surface area contributed by atoms with Gasteiger partial charge in [-0.3, -0.25) is 4.40 Å². The fourth-order valence-electron chi connectivity index (χ4n) is 2.11. The van der Waals surface area contributed by atoms with Crippen LogP contribution in [0.5, 0.6) is 0 Å². The van der Waals surface area contributed by atoms with Crippen molar-refractivity contribution in [1.82, 2.24) is 14.6 Å². The Morgan fingerprint density at radius 1 is 1.21 bits per heavy atom. The fraction of sp³-hybridized carbons (Fsp3) is 0.133. The Hall–Kier alpha value is -2.67. The molecule has 3 rings (SSSR count). The van der Waals surface area contributed by atoms with Crippen LogP contribution >= 0.6 is 0 Å². The van der Waals surface area contributed by atoms with Crippen LogP contribution in [0.25, 0.3) is 5.65 Å². The standard InChI is InChI=1S/C15H12N4/c1-11-4-2-3-5-13(11)9-15-18-17-14-8-12(10-16)6-7-19(14)15/h2-8H,9H2,1H3. The van der Waals surface area contributed by atoms with Gasteiger partial charge >= 0.3 is 0 Å². The smallest absolute Gasteiger partial charge is 0.162 e. The van der Waals surface area contributed by atoms with Crippen LogP contribution in [0.15, 0.2) is 42.6 Å². The summed E-state index contributed by atoms with van der Waals surface area (Å²) in [5, 5.41) is 17.2. The molecule has 0 fully saturated rings. The molecule has 0 saturated carbocycles. The van der Waals surface area contributed by atoms with Crippen molar-refractivity contribution < 1.29 is 0 Å². The Kier molecular flexibility index (Phi) is 2.73. The molecule has 0 saturated heterocycles. The highest BCUT2D eigenvalue weighted by atomic mass is 15.2. The summed E-state index contributed by atoms with van der Waals surface area (Å²) in [6.45, 7) is 2.09. The van der Waals surface area contributed by atoms with Gasteiger partial charge in [-0.1, -0.05) is 24.3 Å². The summed E-state index contributed by atoms with van der Waals surface area (Å²) in [5.41, 5.74) is 3.79. The molecule has 0 spiro atoms. The number of pyridine rings is 1. The Bertz CT molecular complexity index is 780. The first-order valence-corrected chi connectivity index (χ1v) is 6.06. The van der Waals surface area contributed by atoms with Crippen LogP contribution in [0.4, 0.5) is 0 Å². The summed E-state index contributed by atoms with van der Waals surface area (Å²) in [5.74, 6) is 0.883. The van der Waals surface area contributed by atoms with E-state index in [0.29, 0.717) is 11.2 Å². The summed E-state index contributed by atoms with van der Waals surface area (Å²) in [6, 6.07) is 13.9. The van der Waals surface area contributed by atoms with Crippen molar-refractivity contribution in [2.24, 2.45) is 0 Å². The highest BCUT2D eigenvalue weighted by Gasteiger charge is 2.08. The highest BCUT2D eigenvalue weighted by Crippen LogP contribution is 2.14. The second-order valence-corrected chi connectivity index (χ2v) is 4.47. The van der Waals surface area contributed by atoms with Gasteiger partial charge in [0.1, 0.15) is 5.82 Å². The van der Waals surface area contributed by atoms with Gasteiger partial charge in [-0.25, -0.2) is 0 Å². The van der Waals surface area contributed by atoms with Gasteiger partial charge < -0.3 is 0 Å². The molecule has 0 unspecified atom stereocenters. The largest absolute Gasteiger partial charge is 0.286 e. The molecular formula is C15H12N4. The fourth-order valence-corrected chi connectivity index (χ4v) is 2.11. The molecule has 2 heterocycles. The van der Waals surface area contributed by atoms with Gasteiger partial charge in [0.25, 0.3) is 0 Å². The minimum absolute atomic E-state index is 0.599. The summed E-state index contributed by atoms with van der Waals surface area (Å²) in [4.78, 5) is 0. The number of nitriles is 1. The maximum absolute atomic E-state index is 8.87. The highest BCUT2D eigenvalue weighted by molar-refractivity contribution is 5.46. The third-order valence-corrected chi connectivity index (χ3v) is 3.22. The summed E-state index contributed by atoms with van der Waals surface area (Å²) in [7, 11) is 0. The van der Waals surface area contributed by atoms with Gasteiger partial charge in [0.05, 0.1) is 11.6 Å². The molecule has 0 aliphatic rings. The number of benzene rings is 1. The number of hydrogen-bond donors (Lipinski definition) is 0. The van der Waals surface area contributed by atoms with Crippen molar-refractivity contribution in [3.8, 4) is 6.07 Å². The lowest BCUT2D eigenvalue weighted by Gasteiger charge is -2.04. The average Bonchev–Trinajstić information content (AvgIpc) is 2.83. The number of nitrogens with zero attached hydrogens (tertiary/aromatic N) is 4. The van der Waals surface area contributed by atoms with Gasteiger partial charge in [-0.2, -0.15) is 5.26 Å². The minimum Gasteiger partial charge on any atom is -0.286 e. The maximum Gasteiger partial charge on any atom is 0.162 e. The van der Waals surface area contributed by atoms with Crippen molar-refractivity contribution >= 4 is 5.65 Å². The third-order valence-electron chi connectivity index (χ3n) is 3.22. The quantitative estimate of drug-likeness (QED) is 0.700. The van der Waals surface area contributed by atoms with Crippen molar-refractivity contribution in [2.75, 3.05) is 0 Å². The maximum atomic E-state index is 8.87. The second-order valence-electron chi connectivity index (χ2n) is 4.47. The lowest BCUT2D eigenvalue weighted by atomic mass is 10.1. The number of rotatable bonds is 2. The van der Waals surface area contributed by atoms with E-state index in [1.807, 2.05) is 22.7 Å². The lowest BCUT2D eigenvalue weighted by Crippen LogP contribution is -1.98. The molecule has 4 nitrogen and oxygen atoms in total. The van der Waals surface area contributed by atoms with E-state index in [0.717, 1.165) is 12.2 Å². The van der Waals surface area contributed by atoms with Gasteiger partial charge in [-0.15, -0.1) is 10.2 Å². The molecule has 0 aliphatic carbocycles. The summed E-state index contributed by atoms with van der Waals surface area (Å²) >= 11 is 0. The molecule has 1 aromatic carbocycles.